The molecule has 35 heavy (non-hydrogen) atoms. The van der Waals surface area contributed by atoms with Crippen molar-refractivity contribution in [3.8, 4) is 23.3 Å². The lowest BCUT2D eigenvalue weighted by Gasteiger charge is -2.26. The molecular formula is C22H16F3N2O6S2-. The molecule has 0 amide bonds. The molecule has 0 N–H and O–H groups in total. The van der Waals surface area contributed by atoms with Gasteiger partial charge in [-0.05, 0) is 41.8 Å². The van der Waals surface area contributed by atoms with E-state index in [1.807, 2.05) is 0 Å². The van der Waals surface area contributed by atoms with Crippen molar-refractivity contribution in [1.82, 2.24) is 4.98 Å². The molecule has 2 aromatic carbocycles. The maximum absolute atomic E-state index is 12.4. The molecule has 0 bridgehead atoms. The van der Waals surface area contributed by atoms with Crippen molar-refractivity contribution in [2.45, 2.75) is 12.8 Å². The lowest BCUT2D eigenvalue weighted by Crippen LogP contribution is -2.20. The number of methoxy groups -OCH3 is 2. The Balaban J connectivity index is 1.87. The normalized spacial score (nSPS) is 11.7. The standard InChI is InChI=1S/C22H17F3N2O6S2/c1-31-18-11-15(12-21(28)32-2)6-8-17(18)27(35(29)30)19-13-34-20(26-19)9-7-14-4-3-5-16(10-14)33-22(23,24)25/h3-6,8,10-11,13H,12H2,1-2H3,(H,29,30)/p-1. The number of alkyl halides is 3. The Bertz CT molecular complexity index is 1300. The molecule has 0 aliphatic carbocycles. The summed E-state index contributed by atoms with van der Waals surface area (Å²) in [6, 6.07) is 9.64. The fourth-order valence-corrected chi connectivity index (χ4v) is 4.09. The fraction of sp³-hybridized carbons (Fsp3) is 0.182. The predicted molar refractivity (Wildman–Crippen MR) is 121 cm³/mol. The van der Waals surface area contributed by atoms with Crippen molar-refractivity contribution < 1.29 is 40.9 Å². The minimum absolute atomic E-state index is 0.0285. The number of hydrogen-bond acceptors (Lipinski definition) is 8. The van der Waals surface area contributed by atoms with E-state index < -0.39 is 29.3 Å². The van der Waals surface area contributed by atoms with Gasteiger partial charge in [-0.2, -0.15) is 0 Å². The van der Waals surface area contributed by atoms with Crippen molar-refractivity contribution in [2.75, 3.05) is 18.5 Å². The summed E-state index contributed by atoms with van der Waals surface area (Å²) < 4.78 is 76.0. The number of nitrogens with zero attached hydrogens (tertiary/aromatic N) is 2. The Morgan fingerprint density at radius 2 is 1.97 bits per heavy atom. The SMILES string of the molecule is COC(=O)Cc1ccc(N(c2csc(C#Cc3cccc(OC(F)(F)F)c3)n2)S(=O)[O-])c(OC)c1. The molecule has 184 valence electrons. The molecule has 0 saturated carbocycles. The highest BCUT2D eigenvalue weighted by atomic mass is 32.2. The van der Waals surface area contributed by atoms with Crippen LogP contribution in [0.5, 0.6) is 11.5 Å². The van der Waals surface area contributed by atoms with E-state index in [2.05, 4.69) is 26.3 Å². The van der Waals surface area contributed by atoms with Gasteiger partial charge in [0.2, 0.25) is 0 Å². The highest BCUT2D eigenvalue weighted by molar-refractivity contribution is 7.81. The summed E-state index contributed by atoms with van der Waals surface area (Å²) in [5.74, 6) is 4.68. The van der Waals surface area contributed by atoms with Crippen LogP contribution < -0.4 is 13.8 Å². The topological polar surface area (TPSA) is 101 Å². The number of carbonyl (C=O) groups is 1. The predicted octanol–water partition coefficient (Wildman–Crippen LogP) is 4.10. The Morgan fingerprint density at radius 3 is 2.63 bits per heavy atom. The average molecular weight is 526 g/mol. The molecule has 0 aliphatic heterocycles. The number of esters is 1. The van der Waals surface area contributed by atoms with Gasteiger partial charge in [0.15, 0.2) is 10.8 Å². The molecule has 1 unspecified atom stereocenters. The molecule has 1 heterocycles. The minimum Gasteiger partial charge on any atom is -0.755 e. The van der Waals surface area contributed by atoms with Crippen LogP contribution in [0.4, 0.5) is 24.7 Å². The number of benzene rings is 2. The van der Waals surface area contributed by atoms with Gasteiger partial charge in [-0.3, -0.25) is 9.00 Å². The van der Waals surface area contributed by atoms with Gasteiger partial charge in [0.1, 0.15) is 11.5 Å². The van der Waals surface area contributed by atoms with Gasteiger partial charge < -0.3 is 18.8 Å². The minimum atomic E-state index is -4.83. The Hall–Kier alpha value is -3.60. The molecule has 0 radical (unpaired) electrons. The molecule has 13 heteroatoms. The number of halogens is 3. The van der Waals surface area contributed by atoms with Gasteiger partial charge in [-0.15, -0.1) is 24.5 Å². The number of ether oxygens (including phenoxy) is 3. The van der Waals surface area contributed by atoms with Gasteiger partial charge in [0, 0.05) is 10.9 Å². The lowest BCUT2D eigenvalue weighted by molar-refractivity contribution is -0.274. The molecule has 3 rings (SSSR count). The monoisotopic (exact) mass is 525 g/mol. The van der Waals surface area contributed by atoms with E-state index in [4.69, 9.17) is 4.74 Å². The van der Waals surface area contributed by atoms with Crippen LogP contribution in [0.25, 0.3) is 0 Å². The van der Waals surface area contributed by atoms with Crippen molar-refractivity contribution in [3.63, 3.8) is 0 Å². The molecule has 8 nitrogen and oxygen atoms in total. The third kappa shape index (κ3) is 7.19. The van der Waals surface area contributed by atoms with Gasteiger partial charge in [0.05, 0.1) is 37.6 Å². The number of aromatic nitrogens is 1. The van der Waals surface area contributed by atoms with Crippen molar-refractivity contribution in [3.05, 3.63) is 64.0 Å². The average Bonchev–Trinajstić information content (AvgIpc) is 3.25. The molecule has 1 atom stereocenters. The summed E-state index contributed by atoms with van der Waals surface area (Å²) >= 11 is -1.75. The third-order valence-corrected chi connectivity index (χ3v) is 5.70. The van der Waals surface area contributed by atoms with E-state index in [1.54, 1.807) is 6.07 Å². The number of anilines is 2. The van der Waals surface area contributed by atoms with E-state index in [1.165, 1.54) is 43.9 Å². The zero-order chi connectivity index (χ0) is 25.6. The van der Waals surface area contributed by atoms with E-state index in [9.17, 15) is 26.7 Å². The van der Waals surface area contributed by atoms with Crippen molar-refractivity contribution >= 4 is 40.1 Å². The lowest BCUT2D eigenvalue weighted by atomic mass is 10.1. The second kappa shape index (κ2) is 11.2. The van der Waals surface area contributed by atoms with E-state index in [-0.39, 0.29) is 34.2 Å². The van der Waals surface area contributed by atoms with E-state index in [0.29, 0.717) is 5.56 Å². The Kier molecular flexibility index (Phi) is 8.34. The molecule has 0 fully saturated rings. The van der Waals surface area contributed by atoms with Crippen LogP contribution in [0.15, 0.2) is 47.8 Å². The highest BCUT2D eigenvalue weighted by Crippen LogP contribution is 2.36. The van der Waals surface area contributed by atoms with Gasteiger partial charge in [-0.25, -0.2) is 9.29 Å². The molecule has 0 aliphatic rings. The van der Waals surface area contributed by atoms with Crippen molar-refractivity contribution in [2.24, 2.45) is 0 Å². The number of carbonyl (C=O) groups excluding carboxylic acids is 1. The number of hydrogen-bond donors (Lipinski definition) is 0. The smallest absolute Gasteiger partial charge is 0.573 e. The van der Waals surface area contributed by atoms with Gasteiger partial charge in [0.25, 0.3) is 0 Å². The Labute approximate surface area is 204 Å². The summed E-state index contributed by atoms with van der Waals surface area (Å²) in [4.78, 5) is 15.7. The largest absolute Gasteiger partial charge is 0.755 e. The maximum atomic E-state index is 12.4. The summed E-state index contributed by atoms with van der Waals surface area (Å²) in [6.07, 6.45) is -4.86. The first-order chi connectivity index (χ1) is 16.6. The second-order valence-electron chi connectivity index (χ2n) is 6.61. The first kappa shape index (κ1) is 26.0. The molecule has 1 aromatic heterocycles. The molecule has 0 spiro atoms. The van der Waals surface area contributed by atoms with Crippen LogP contribution in [0.1, 0.15) is 16.1 Å². The quantitative estimate of drug-likeness (QED) is 0.260. The first-order valence-corrected chi connectivity index (χ1v) is 11.5. The number of rotatable bonds is 7. The summed E-state index contributed by atoms with van der Waals surface area (Å²) in [5, 5.41) is 1.67. The van der Waals surface area contributed by atoms with Crippen LogP contribution in [0.3, 0.4) is 0 Å². The zero-order valence-electron chi connectivity index (χ0n) is 18.1. The highest BCUT2D eigenvalue weighted by Gasteiger charge is 2.31. The van der Waals surface area contributed by atoms with Crippen LogP contribution >= 0.6 is 11.3 Å². The summed E-state index contributed by atoms with van der Waals surface area (Å²) in [7, 11) is 2.60. The van der Waals surface area contributed by atoms with E-state index >= 15 is 0 Å². The van der Waals surface area contributed by atoms with Crippen LogP contribution in [-0.4, -0.2) is 40.3 Å². The van der Waals surface area contributed by atoms with Crippen LogP contribution in [0, 0.1) is 11.8 Å². The molecule has 0 saturated heterocycles. The van der Waals surface area contributed by atoms with Gasteiger partial charge >= 0.3 is 12.3 Å². The molecular weight excluding hydrogens is 509 g/mol. The van der Waals surface area contributed by atoms with Crippen LogP contribution in [0.2, 0.25) is 0 Å². The van der Waals surface area contributed by atoms with Crippen LogP contribution in [-0.2, 0) is 27.2 Å². The number of thiazole rings is 1. The van der Waals surface area contributed by atoms with Crippen molar-refractivity contribution in [1.29, 1.82) is 0 Å². The maximum Gasteiger partial charge on any atom is 0.573 e. The third-order valence-electron chi connectivity index (χ3n) is 4.27. The fourth-order valence-electron chi connectivity index (χ4n) is 2.83. The molecule has 3 aromatic rings. The van der Waals surface area contributed by atoms with E-state index in [0.717, 1.165) is 27.8 Å². The Morgan fingerprint density at radius 1 is 1.20 bits per heavy atom. The summed E-state index contributed by atoms with van der Waals surface area (Å²) in [6.45, 7) is 0. The summed E-state index contributed by atoms with van der Waals surface area (Å²) in [5.41, 5.74) is 0.947. The zero-order valence-corrected chi connectivity index (χ0v) is 19.8. The second-order valence-corrected chi connectivity index (χ2v) is 8.26. The van der Waals surface area contributed by atoms with Gasteiger partial charge in [-0.1, -0.05) is 18.1 Å². The first-order valence-electron chi connectivity index (χ1n) is 9.56.